The normalized spacial score (nSPS) is 19.6. The molecular formula is C20H19F2N7O2. The molecule has 0 spiro atoms. The Morgan fingerprint density at radius 3 is 2.94 bits per heavy atom. The Kier molecular flexibility index (Phi) is 4.62. The van der Waals surface area contributed by atoms with E-state index in [1.165, 1.54) is 16.9 Å². The molecule has 4 aromatic rings. The highest BCUT2D eigenvalue weighted by molar-refractivity contribution is 5.97. The van der Waals surface area contributed by atoms with Gasteiger partial charge in [-0.3, -0.25) is 4.79 Å². The number of hydrogen-bond acceptors (Lipinski definition) is 7. The van der Waals surface area contributed by atoms with Crippen LogP contribution in [0.2, 0.25) is 0 Å². The molecule has 31 heavy (non-hydrogen) atoms. The smallest absolute Gasteiger partial charge is 0.280 e. The maximum atomic E-state index is 13.4. The van der Waals surface area contributed by atoms with Crippen molar-refractivity contribution in [2.24, 2.45) is 5.73 Å². The van der Waals surface area contributed by atoms with E-state index in [9.17, 15) is 13.6 Å². The number of rotatable bonds is 3. The maximum Gasteiger partial charge on any atom is 0.280 e. The standard InChI is InChI=1S/C20H19F2N7O2/c1-10-26-14-6-11(2-3-17(14)31-10)19(30)28-5-4-13(23)12(8-28)16-7-15(18(21)22)27-20-24-9-25-29(16)20/h2-3,6-7,9,12-13,18H,4-5,8,23H2,1H3/t12-,13?/m1/s1. The summed E-state index contributed by atoms with van der Waals surface area (Å²) in [5, 5.41) is 4.11. The van der Waals surface area contributed by atoms with Crippen molar-refractivity contribution in [2.45, 2.75) is 31.7 Å². The molecule has 1 amide bonds. The van der Waals surface area contributed by atoms with Crippen molar-refractivity contribution in [1.82, 2.24) is 29.5 Å². The number of benzene rings is 1. The van der Waals surface area contributed by atoms with Crippen LogP contribution in [0.5, 0.6) is 0 Å². The molecule has 2 N–H and O–H groups in total. The highest BCUT2D eigenvalue weighted by Crippen LogP contribution is 2.30. The number of carbonyl (C=O) groups is 1. The van der Waals surface area contributed by atoms with Crippen LogP contribution in [0, 0.1) is 6.92 Å². The number of aryl methyl sites for hydroxylation is 1. The number of nitrogens with zero attached hydrogens (tertiary/aromatic N) is 6. The van der Waals surface area contributed by atoms with Gasteiger partial charge in [-0.05, 0) is 30.7 Å². The number of alkyl halides is 2. The second-order valence-corrected chi connectivity index (χ2v) is 7.60. The number of halogens is 2. The largest absolute Gasteiger partial charge is 0.441 e. The van der Waals surface area contributed by atoms with Gasteiger partial charge >= 0.3 is 0 Å². The summed E-state index contributed by atoms with van der Waals surface area (Å²) in [7, 11) is 0. The second kappa shape index (κ2) is 7.34. The van der Waals surface area contributed by atoms with Gasteiger partial charge < -0.3 is 15.1 Å². The van der Waals surface area contributed by atoms with Crippen LogP contribution < -0.4 is 5.73 Å². The molecule has 2 atom stereocenters. The number of carbonyl (C=O) groups excluding carboxylic acids is 1. The molecule has 1 saturated heterocycles. The molecule has 0 radical (unpaired) electrons. The van der Waals surface area contributed by atoms with E-state index in [1.807, 2.05) is 0 Å². The van der Waals surface area contributed by atoms with Gasteiger partial charge in [0.25, 0.3) is 18.1 Å². The average molecular weight is 427 g/mol. The van der Waals surface area contributed by atoms with Gasteiger partial charge in [-0.2, -0.15) is 10.1 Å². The molecule has 160 valence electrons. The Hall–Kier alpha value is -3.47. The highest BCUT2D eigenvalue weighted by atomic mass is 19.3. The van der Waals surface area contributed by atoms with Crippen molar-refractivity contribution < 1.29 is 18.0 Å². The second-order valence-electron chi connectivity index (χ2n) is 7.60. The zero-order valence-electron chi connectivity index (χ0n) is 16.6. The molecule has 11 heteroatoms. The van der Waals surface area contributed by atoms with Crippen molar-refractivity contribution in [1.29, 1.82) is 0 Å². The van der Waals surface area contributed by atoms with E-state index in [2.05, 4.69) is 20.1 Å². The first-order valence-electron chi connectivity index (χ1n) is 9.81. The number of likely N-dealkylation sites (tertiary alicyclic amines) is 1. The Morgan fingerprint density at radius 1 is 1.29 bits per heavy atom. The first-order valence-corrected chi connectivity index (χ1v) is 9.81. The predicted octanol–water partition coefficient (Wildman–Crippen LogP) is 2.47. The minimum absolute atomic E-state index is 0.0790. The summed E-state index contributed by atoms with van der Waals surface area (Å²) >= 11 is 0. The monoisotopic (exact) mass is 427 g/mol. The average Bonchev–Trinajstić information content (AvgIpc) is 3.37. The van der Waals surface area contributed by atoms with Gasteiger partial charge in [0, 0.05) is 37.5 Å². The Morgan fingerprint density at radius 2 is 2.13 bits per heavy atom. The van der Waals surface area contributed by atoms with Crippen molar-refractivity contribution in [3.8, 4) is 0 Å². The molecule has 0 aliphatic carbocycles. The molecule has 1 fully saturated rings. The molecular weight excluding hydrogens is 408 g/mol. The number of fused-ring (bicyclic) bond motifs is 2. The van der Waals surface area contributed by atoms with Crippen LogP contribution in [-0.4, -0.2) is 54.5 Å². The Bertz CT molecular complexity index is 1290. The fourth-order valence-corrected chi connectivity index (χ4v) is 4.06. The lowest BCUT2D eigenvalue weighted by molar-refractivity contribution is 0.0691. The van der Waals surface area contributed by atoms with Crippen molar-refractivity contribution in [2.75, 3.05) is 13.1 Å². The fraction of sp³-hybridized carbons (Fsp3) is 0.350. The predicted molar refractivity (Wildman–Crippen MR) is 106 cm³/mol. The summed E-state index contributed by atoms with van der Waals surface area (Å²) in [6.45, 7) is 2.46. The van der Waals surface area contributed by atoms with Gasteiger partial charge in [-0.15, -0.1) is 0 Å². The first kappa shape index (κ1) is 19.5. The molecule has 4 heterocycles. The van der Waals surface area contributed by atoms with Gasteiger partial charge in [0.05, 0.1) is 5.69 Å². The lowest BCUT2D eigenvalue weighted by atomic mass is 9.89. The molecule has 1 aliphatic rings. The van der Waals surface area contributed by atoms with Crippen LogP contribution in [0.3, 0.4) is 0 Å². The van der Waals surface area contributed by atoms with Gasteiger partial charge in [-0.25, -0.2) is 23.3 Å². The maximum absolute atomic E-state index is 13.4. The first-order chi connectivity index (χ1) is 14.9. The minimum Gasteiger partial charge on any atom is -0.441 e. The number of piperidine rings is 1. The fourth-order valence-electron chi connectivity index (χ4n) is 4.06. The number of amides is 1. The van der Waals surface area contributed by atoms with E-state index in [0.717, 1.165) is 0 Å². The summed E-state index contributed by atoms with van der Waals surface area (Å²) in [4.78, 5) is 26.9. The van der Waals surface area contributed by atoms with E-state index in [-0.39, 0.29) is 24.3 Å². The molecule has 9 nitrogen and oxygen atoms in total. The summed E-state index contributed by atoms with van der Waals surface area (Å²) in [6.07, 6.45) is -0.979. The van der Waals surface area contributed by atoms with Crippen LogP contribution in [0.15, 0.2) is 35.0 Å². The molecule has 0 bridgehead atoms. The third-order valence-electron chi connectivity index (χ3n) is 5.60. The molecule has 0 saturated carbocycles. The molecule has 3 aromatic heterocycles. The number of nitrogens with two attached hydrogens (primary N) is 1. The number of hydrogen-bond donors (Lipinski definition) is 1. The van der Waals surface area contributed by atoms with Gasteiger partial charge in [0.2, 0.25) is 0 Å². The zero-order valence-corrected chi connectivity index (χ0v) is 16.6. The van der Waals surface area contributed by atoms with Gasteiger partial charge in [0.1, 0.15) is 17.5 Å². The lowest BCUT2D eigenvalue weighted by Gasteiger charge is -2.37. The summed E-state index contributed by atoms with van der Waals surface area (Å²) in [6, 6.07) is 6.07. The molecule has 5 rings (SSSR count). The summed E-state index contributed by atoms with van der Waals surface area (Å²) < 4.78 is 33.6. The van der Waals surface area contributed by atoms with E-state index in [1.54, 1.807) is 30.0 Å². The number of oxazole rings is 1. The lowest BCUT2D eigenvalue weighted by Crippen LogP contribution is -2.48. The Labute approximate surface area is 174 Å². The van der Waals surface area contributed by atoms with Crippen LogP contribution in [0.25, 0.3) is 16.9 Å². The van der Waals surface area contributed by atoms with Crippen molar-refractivity contribution >= 4 is 22.8 Å². The minimum atomic E-state index is -2.75. The highest BCUT2D eigenvalue weighted by Gasteiger charge is 2.33. The molecule has 1 aliphatic heterocycles. The third-order valence-corrected chi connectivity index (χ3v) is 5.60. The van der Waals surface area contributed by atoms with Crippen LogP contribution in [0.1, 0.15) is 46.4 Å². The van der Waals surface area contributed by atoms with Crippen LogP contribution >= 0.6 is 0 Å². The SMILES string of the molecule is Cc1nc2cc(C(=O)N3CCC(N)[C@H](c4cc(C(F)F)nc5ncnn45)C3)ccc2o1. The van der Waals surface area contributed by atoms with Crippen LogP contribution in [-0.2, 0) is 0 Å². The van der Waals surface area contributed by atoms with E-state index < -0.39 is 18.0 Å². The van der Waals surface area contributed by atoms with E-state index in [0.29, 0.717) is 41.2 Å². The van der Waals surface area contributed by atoms with Crippen molar-refractivity contribution in [3.63, 3.8) is 0 Å². The molecule has 1 aromatic carbocycles. The summed E-state index contributed by atoms with van der Waals surface area (Å²) in [5.41, 5.74) is 8.11. The topological polar surface area (TPSA) is 115 Å². The van der Waals surface area contributed by atoms with E-state index >= 15 is 0 Å². The zero-order chi connectivity index (χ0) is 21.7. The summed E-state index contributed by atoms with van der Waals surface area (Å²) in [5.74, 6) is 0.0149. The van der Waals surface area contributed by atoms with Gasteiger partial charge in [-0.1, -0.05) is 0 Å². The van der Waals surface area contributed by atoms with E-state index in [4.69, 9.17) is 10.2 Å². The van der Waals surface area contributed by atoms with Crippen LogP contribution in [0.4, 0.5) is 8.78 Å². The third kappa shape index (κ3) is 3.40. The number of aromatic nitrogens is 5. The van der Waals surface area contributed by atoms with Gasteiger partial charge in [0.15, 0.2) is 11.5 Å². The molecule has 1 unspecified atom stereocenters. The van der Waals surface area contributed by atoms with Crippen molar-refractivity contribution in [3.05, 3.63) is 53.4 Å². The quantitative estimate of drug-likeness (QED) is 0.534. The Balaban J connectivity index is 1.48.